The number of rotatable bonds is 6. The molecule has 4 heterocycles. The summed E-state index contributed by atoms with van der Waals surface area (Å²) < 4.78 is 1.91. The molecule has 0 atom stereocenters. The first-order valence-corrected chi connectivity index (χ1v) is 12.9. The number of aryl methyl sites for hydroxylation is 3. The molecule has 0 aromatic carbocycles. The molecule has 1 saturated heterocycles. The van der Waals surface area contributed by atoms with E-state index in [1.54, 1.807) is 0 Å². The molecule has 3 aromatic heterocycles. The predicted molar refractivity (Wildman–Crippen MR) is 135 cm³/mol. The van der Waals surface area contributed by atoms with Gasteiger partial charge in [-0.2, -0.15) is 0 Å². The first-order valence-electron chi connectivity index (χ1n) is 12.9. The molecule has 0 spiro atoms. The fraction of sp³-hybridized carbons (Fsp3) is 0.615. The molecule has 2 fully saturated rings. The molecule has 0 amide bonds. The Morgan fingerprint density at radius 1 is 1.06 bits per heavy atom. The van der Waals surface area contributed by atoms with Gasteiger partial charge in [0.1, 0.15) is 11.4 Å². The van der Waals surface area contributed by atoms with Crippen LogP contribution >= 0.6 is 0 Å². The van der Waals surface area contributed by atoms with Crippen molar-refractivity contribution in [3.05, 3.63) is 29.3 Å². The normalized spacial score (nSPS) is 23.1. The number of nitrogens with zero attached hydrogens (tertiary/aromatic N) is 6. The molecule has 34 heavy (non-hydrogen) atoms. The van der Waals surface area contributed by atoms with Crippen LogP contribution in [0.1, 0.15) is 76.4 Å². The van der Waals surface area contributed by atoms with Crippen LogP contribution in [0, 0.1) is 6.92 Å². The molecule has 0 unspecified atom stereocenters. The van der Waals surface area contributed by atoms with Crippen LogP contribution in [0.3, 0.4) is 0 Å². The van der Waals surface area contributed by atoms with E-state index in [9.17, 15) is 5.11 Å². The zero-order valence-corrected chi connectivity index (χ0v) is 20.9. The number of hydrogen-bond donors (Lipinski definition) is 2. The maximum atomic E-state index is 10.4. The van der Waals surface area contributed by atoms with Crippen molar-refractivity contribution in [2.24, 2.45) is 0 Å². The molecule has 1 aliphatic heterocycles. The van der Waals surface area contributed by atoms with Crippen molar-refractivity contribution in [2.75, 3.05) is 23.3 Å². The van der Waals surface area contributed by atoms with Crippen molar-refractivity contribution in [1.82, 2.24) is 24.6 Å². The largest absolute Gasteiger partial charge is 0.390 e. The summed E-state index contributed by atoms with van der Waals surface area (Å²) in [5, 5.41) is 19.1. The highest BCUT2D eigenvalue weighted by atomic mass is 16.3. The van der Waals surface area contributed by atoms with E-state index in [1.807, 2.05) is 24.6 Å². The SMILES string of the molecule is CCc1nc(C)c(-c2cn3nc(N4CCCC4)cc(N[C@H]4CC[C@](C)(O)CC4)c3n2)nc1CC. The smallest absolute Gasteiger partial charge is 0.177 e. The van der Waals surface area contributed by atoms with Crippen LogP contribution in [0.15, 0.2) is 12.3 Å². The zero-order chi connectivity index (χ0) is 23.9. The Hall–Kier alpha value is -2.74. The minimum Gasteiger partial charge on any atom is -0.390 e. The van der Waals surface area contributed by atoms with Crippen molar-refractivity contribution in [3.8, 4) is 11.4 Å². The van der Waals surface area contributed by atoms with Crippen molar-refractivity contribution in [2.45, 2.75) is 90.7 Å². The van der Waals surface area contributed by atoms with Gasteiger partial charge in [0, 0.05) is 25.2 Å². The van der Waals surface area contributed by atoms with Crippen LogP contribution in [0.4, 0.5) is 11.5 Å². The lowest BCUT2D eigenvalue weighted by molar-refractivity contribution is 0.0196. The number of anilines is 2. The minimum atomic E-state index is -0.551. The Balaban J connectivity index is 1.55. The molecular formula is C26H37N7O. The van der Waals surface area contributed by atoms with Crippen LogP contribution < -0.4 is 10.2 Å². The fourth-order valence-corrected chi connectivity index (χ4v) is 5.30. The van der Waals surface area contributed by atoms with Gasteiger partial charge in [0.2, 0.25) is 0 Å². The lowest BCUT2D eigenvalue weighted by Crippen LogP contribution is -2.35. The average Bonchev–Trinajstić information content (AvgIpc) is 3.50. The molecule has 0 radical (unpaired) electrons. The summed E-state index contributed by atoms with van der Waals surface area (Å²) in [4.78, 5) is 17.2. The molecule has 1 saturated carbocycles. The van der Waals surface area contributed by atoms with Crippen molar-refractivity contribution in [1.29, 1.82) is 0 Å². The molecule has 0 bridgehead atoms. The summed E-state index contributed by atoms with van der Waals surface area (Å²) in [6.07, 6.45) is 9.63. The summed E-state index contributed by atoms with van der Waals surface area (Å²) in [5.74, 6) is 0.984. The van der Waals surface area contributed by atoms with E-state index in [2.05, 4.69) is 30.1 Å². The van der Waals surface area contributed by atoms with Crippen LogP contribution in [0.25, 0.3) is 17.0 Å². The zero-order valence-electron chi connectivity index (χ0n) is 20.9. The summed E-state index contributed by atoms with van der Waals surface area (Å²) in [7, 11) is 0. The Kier molecular flexibility index (Phi) is 6.18. The highest BCUT2D eigenvalue weighted by molar-refractivity contribution is 5.74. The first-order chi connectivity index (χ1) is 16.4. The van der Waals surface area contributed by atoms with E-state index in [-0.39, 0.29) is 0 Å². The molecule has 182 valence electrons. The molecule has 3 aromatic rings. The Bertz CT molecular complexity index is 1170. The van der Waals surface area contributed by atoms with Gasteiger partial charge in [-0.1, -0.05) is 13.8 Å². The van der Waals surface area contributed by atoms with Gasteiger partial charge < -0.3 is 15.3 Å². The van der Waals surface area contributed by atoms with Gasteiger partial charge in [0.15, 0.2) is 11.5 Å². The third kappa shape index (κ3) is 4.48. The predicted octanol–water partition coefficient (Wildman–Crippen LogP) is 4.33. The van der Waals surface area contributed by atoms with Crippen LogP contribution in [0.5, 0.6) is 0 Å². The quantitative estimate of drug-likeness (QED) is 0.562. The van der Waals surface area contributed by atoms with Gasteiger partial charge >= 0.3 is 0 Å². The maximum absolute atomic E-state index is 10.4. The van der Waals surface area contributed by atoms with Crippen molar-refractivity contribution < 1.29 is 5.11 Å². The van der Waals surface area contributed by atoms with Gasteiger partial charge in [-0.3, -0.25) is 4.98 Å². The van der Waals surface area contributed by atoms with Gasteiger partial charge in [-0.25, -0.2) is 14.5 Å². The van der Waals surface area contributed by atoms with E-state index < -0.39 is 5.60 Å². The van der Waals surface area contributed by atoms with E-state index in [1.165, 1.54) is 12.8 Å². The lowest BCUT2D eigenvalue weighted by Gasteiger charge is -2.34. The summed E-state index contributed by atoms with van der Waals surface area (Å²) >= 11 is 0. The topological polar surface area (TPSA) is 91.5 Å². The second kappa shape index (κ2) is 9.13. The van der Waals surface area contributed by atoms with E-state index in [0.29, 0.717) is 6.04 Å². The molecule has 5 rings (SSSR count). The Morgan fingerprint density at radius 3 is 2.41 bits per heavy atom. The number of fused-ring (bicyclic) bond motifs is 1. The third-order valence-corrected chi connectivity index (χ3v) is 7.40. The monoisotopic (exact) mass is 463 g/mol. The highest BCUT2D eigenvalue weighted by Crippen LogP contribution is 2.33. The van der Waals surface area contributed by atoms with Crippen LogP contribution in [-0.2, 0) is 12.8 Å². The van der Waals surface area contributed by atoms with Crippen LogP contribution in [-0.4, -0.2) is 54.4 Å². The number of hydrogen-bond acceptors (Lipinski definition) is 7. The Labute approximate surface area is 201 Å². The third-order valence-electron chi connectivity index (χ3n) is 7.40. The molecule has 8 heteroatoms. The number of imidazole rings is 1. The van der Waals surface area contributed by atoms with Crippen molar-refractivity contribution >= 4 is 17.2 Å². The van der Waals surface area contributed by atoms with E-state index in [0.717, 1.165) is 97.2 Å². The number of nitrogens with one attached hydrogen (secondary N) is 1. The van der Waals surface area contributed by atoms with E-state index >= 15 is 0 Å². The number of aliphatic hydroxyl groups is 1. The second-order valence-corrected chi connectivity index (χ2v) is 10.2. The maximum Gasteiger partial charge on any atom is 0.177 e. The van der Waals surface area contributed by atoms with E-state index in [4.69, 9.17) is 20.1 Å². The van der Waals surface area contributed by atoms with Gasteiger partial charge in [-0.15, -0.1) is 5.10 Å². The molecule has 2 N–H and O–H groups in total. The lowest BCUT2D eigenvalue weighted by atomic mass is 9.83. The fourth-order valence-electron chi connectivity index (χ4n) is 5.30. The average molecular weight is 464 g/mol. The van der Waals surface area contributed by atoms with Gasteiger partial charge in [0.05, 0.1) is 34.6 Å². The molecule has 1 aliphatic carbocycles. The molecular weight excluding hydrogens is 426 g/mol. The highest BCUT2D eigenvalue weighted by Gasteiger charge is 2.29. The molecule has 8 nitrogen and oxygen atoms in total. The van der Waals surface area contributed by atoms with Gasteiger partial charge in [-0.05, 0) is 65.2 Å². The Morgan fingerprint density at radius 2 is 1.74 bits per heavy atom. The second-order valence-electron chi connectivity index (χ2n) is 10.2. The van der Waals surface area contributed by atoms with Crippen LogP contribution in [0.2, 0.25) is 0 Å². The first kappa shape index (κ1) is 23.0. The standard InChI is InChI=1S/C26H37N7O/c1-5-19-20(6-2)29-24(17(3)27-19)22-16-33-25(30-22)21(15-23(31-33)32-13-7-8-14-32)28-18-9-11-26(4,34)12-10-18/h15-16,18,28,34H,5-14H2,1-4H3/t18-,26-. The summed E-state index contributed by atoms with van der Waals surface area (Å²) in [6.45, 7) is 10.3. The summed E-state index contributed by atoms with van der Waals surface area (Å²) in [5.41, 5.74) is 5.92. The molecule has 2 aliphatic rings. The van der Waals surface area contributed by atoms with Crippen molar-refractivity contribution in [3.63, 3.8) is 0 Å². The number of aromatic nitrogens is 5. The summed E-state index contributed by atoms with van der Waals surface area (Å²) in [6, 6.07) is 2.47. The minimum absolute atomic E-state index is 0.315. The van der Waals surface area contributed by atoms with Gasteiger partial charge in [0.25, 0.3) is 0 Å².